The third-order valence-electron chi connectivity index (χ3n) is 8.74. The largest absolute Gasteiger partial charge is 0.479 e. The number of aliphatic carboxylic acids is 1. The van der Waals surface area contributed by atoms with Crippen molar-refractivity contribution in [1.82, 2.24) is 26.6 Å². The fourth-order valence-electron chi connectivity index (χ4n) is 5.98. The highest BCUT2D eigenvalue weighted by Gasteiger charge is 2.35. The SMILES string of the molecule is CCCC(NC(=O)[C@H](Cc1ccc(Cl)cc1)NC(=O)[C@@H](NC(=O)OCC(C)C)C1CCCCC1)C(=O)C(=O)NCC(=O)N[C@H](C(=O)O)c1ccccc1. The minimum Gasteiger partial charge on any atom is -0.479 e. The Kier molecular flexibility index (Phi) is 17.2. The number of hydrogen-bond acceptors (Lipinski definition) is 8. The van der Waals surface area contributed by atoms with Gasteiger partial charge in [-0.1, -0.05) is 101 Å². The number of amides is 5. The average Bonchev–Trinajstić information content (AvgIpc) is 3.14. The van der Waals surface area contributed by atoms with Crippen molar-refractivity contribution in [2.45, 2.75) is 96.3 Å². The first-order valence-electron chi connectivity index (χ1n) is 18.0. The standard InChI is InChI=1S/C38H50ClN5O9/c1-4-11-28(33(46)36(49)40-21-30(45)43-32(37(50)51)26-14-9-6-10-15-26)41-34(47)29(20-24-16-18-27(39)19-17-24)42-35(48)31(25-12-7-5-8-13-25)44-38(52)53-22-23(2)3/h6,9-10,14-19,23,25,28-29,31-32H,4-5,7-8,11-13,20-22H2,1-3H3,(H,40,49)(H,41,47)(H,42,48)(H,43,45)(H,44,52)(H,50,51)/t28?,29-,31-,32-/m0/s1. The first-order valence-corrected chi connectivity index (χ1v) is 18.3. The van der Waals surface area contributed by atoms with E-state index in [2.05, 4.69) is 26.6 Å². The molecule has 2 aromatic rings. The Morgan fingerprint density at radius 1 is 0.830 bits per heavy atom. The van der Waals surface area contributed by atoms with E-state index in [0.717, 1.165) is 19.3 Å². The maximum absolute atomic E-state index is 13.9. The number of alkyl carbamates (subject to hydrolysis) is 1. The van der Waals surface area contributed by atoms with Crippen LogP contribution < -0.4 is 26.6 Å². The number of ketones is 1. The lowest BCUT2D eigenvalue weighted by atomic mass is 9.83. The van der Waals surface area contributed by atoms with Crippen LogP contribution in [0, 0.1) is 11.8 Å². The minimum absolute atomic E-state index is 0.00448. The van der Waals surface area contributed by atoms with Crippen LogP contribution in [0.15, 0.2) is 54.6 Å². The normalized spacial score (nSPS) is 15.2. The molecule has 288 valence electrons. The van der Waals surface area contributed by atoms with Gasteiger partial charge in [0, 0.05) is 11.4 Å². The molecule has 0 aliphatic heterocycles. The summed E-state index contributed by atoms with van der Waals surface area (Å²) in [5.74, 6) is -5.81. The summed E-state index contributed by atoms with van der Waals surface area (Å²) < 4.78 is 5.30. The molecule has 1 aliphatic carbocycles. The highest BCUT2D eigenvalue weighted by atomic mass is 35.5. The quantitative estimate of drug-likeness (QED) is 0.116. The van der Waals surface area contributed by atoms with Gasteiger partial charge in [0.1, 0.15) is 12.1 Å². The molecule has 1 aliphatic rings. The second-order valence-corrected chi connectivity index (χ2v) is 14.0. The first-order chi connectivity index (χ1) is 25.3. The van der Waals surface area contributed by atoms with Gasteiger partial charge in [0.25, 0.3) is 5.91 Å². The number of benzene rings is 2. The van der Waals surface area contributed by atoms with Crippen LogP contribution in [-0.4, -0.2) is 77.9 Å². The fraction of sp³-hybridized carbons (Fsp3) is 0.500. The Hall–Kier alpha value is -4.98. The van der Waals surface area contributed by atoms with Crippen molar-refractivity contribution in [3.63, 3.8) is 0 Å². The number of ether oxygens (including phenoxy) is 1. The van der Waals surface area contributed by atoms with Gasteiger partial charge in [-0.25, -0.2) is 9.59 Å². The second kappa shape index (κ2) is 21.5. The van der Waals surface area contributed by atoms with Gasteiger partial charge in [0.15, 0.2) is 6.04 Å². The van der Waals surface area contributed by atoms with Crippen LogP contribution in [0.5, 0.6) is 0 Å². The number of carboxylic acid groups (broad SMARTS) is 1. The van der Waals surface area contributed by atoms with Crippen molar-refractivity contribution in [3.8, 4) is 0 Å². The Morgan fingerprint density at radius 3 is 2.08 bits per heavy atom. The summed E-state index contributed by atoms with van der Waals surface area (Å²) >= 11 is 6.07. The molecule has 3 rings (SSSR count). The van der Waals surface area contributed by atoms with Gasteiger partial charge in [0.05, 0.1) is 19.2 Å². The van der Waals surface area contributed by atoms with E-state index in [4.69, 9.17) is 16.3 Å². The summed E-state index contributed by atoms with van der Waals surface area (Å²) in [6, 6.07) is 9.71. The molecule has 1 saturated carbocycles. The van der Waals surface area contributed by atoms with Gasteiger partial charge in [-0.05, 0) is 54.4 Å². The van der Waals surface area contributed by atoms with E-state index >= 15 is 0 Å². The van der Waals surface area contributed by atoms with Crippen LogP contribution in [0.3, 0.4) is 0 Å². The monoisotopic (exact) mass is 755 g/mol. The van der Waals surface area contributed by atoms with E-state index in [9.17, 15) is 38.7 Å². The molecule has 0 radical (unpaired) electrons. The molecule has 6 N–H and O–H groups in total. The molecule has 0 saturated heterocycles. The van der Waals surface area contributed by atoms with Gasteiger partial charge in [-0.3, -0.25) is 24.0 Å². The summed E-state index contributed by atoms with van der Waals surface area (Å²) in [5.41, 5.74) is 0.958. The van der Waals surface area contributed by atoms with Crippen molar-refractivity contribution in [3.05, 3.63) is 70.7 Å². The number of carbonyl (C=O) groups excluding carboxylic acids is 6. The summed E-state index contributed by atoms with van der Waals surface area (Å²) in [6.45, 7) is 4.99. The Balaban J connectivity index is 1.75. The van der Waals surface area contributed by atoms with E-state index in [1.165, 1.54) is 12.1 Å². The lowest BCUT2D eigenvalue weighted by Crippen LogP contribution is -2.59. The Morgan fingerprint density at radius 2 is 1.47 bits per heavy atom. The van der Waals surface area contributed by atoms with Gasteiger partial charge in [-0.15, -0.1) is 0 Å². The number of carboxylic acids is 1. The minimum atomic E-state index is -1.38. The van der Waals surface area contributed by atoms with Crippen LogP contribution in [-0.2, 0) is 39.9 Å². The molecule has 1 fully saturated rings. The maximum Gasteiger partial charge on any atom is 0.407 e. The molecule has 0 aromatic heterocycles. The zero-order chi connectivity index (χ0) is 38.9. The Bertz CT molecular complexity index is 1570. The summed E-state index contributed by atoms with van der Waals surface area (Å²) in [5, 5.41) is 22.7. The molecule has 15 heteroatoms. The smallest absolute Gasteiger partial charge is 0.407 e. The topological polar surface area (TPSA) is 209 Å². The molecule has 14 nitrogen and oxygen atoms in total. The van der Waals surface area contributed by atoms with E-state index in [1.54, 1.807) is 49.4 Å². The first kappa shape index (κ1) is 42.4. The average molecular weight is 756 g/mol. The van der Waals surface area contributed by atoms with Gasteiger partial charge < -0.3 is 36.4 Å². The lowest BCUT2D eigenvalue weighted by molar-refractivity contribution is -0.142. The highest BCUT2D eigenvalue weighted by molar-refractivity contribution is 6.38. The van der Waals surface area contributed by atoms with Crippen molar-refractivity contribution in [1.29, 1.82) is 0 Å². The maximum atomic E-state index is 13.9. The molecule has 0 spiro atoms. The zero-order valence-corrected chi connectivity index (χ0v) is 31.1. The van der Waals surface area contributed by atoms with Crippen molar-refractivity contribution < 1.29 is 43.4 Å². The number of rotatable bonds is 19. The molecule has 5 amide bonds. The predicted molar refractivity (Wildman–Crippen MR) is 197 cm³/mol. The van der Waals surface area contributed by atoms with Crippen LogP contribution in [0.1, 0.15) is 82.9 Å². The molecule has 2 aromatic carbocycles. The van der Waals surface area contributed by atoms with Crippen LogP contribution in [0.4, 0.5) is 4.79 Å². The number of carbonyl (C=O) groups is 7. The molecule has 0 heterocycles. The second-order valence-electron chi connectivity index (χ2n) is 13.6. The van der Waals surface area contributed by atoms with Gasteiger partial charge in [0.2, 0.25) is 23.5 Å². The molecular weight excluding hydrogens is 706 g/mol. The van der Waals surface area contributed by atoms with Gasteiger partial charge >= 0.3 is 12.1 Å². The predicted octanol–water partition coefficient (Wildman–Crippen LogP) is 3.61. The van der Waals surface area contributed by atoms with Crippen LogP contribution in [0.25, 0.3) is 0 Å². The number of halogens is 1. The number of nitrogens with one attached hydrogen (secondary N) is 5. The van der Waals surface area contributed by atoms with Crippen molar-refractivity contribution in [2.24, 2.45) is 11.8 Å². The van der Waals surface area contributed by atoms with E-state index in [1.807, 2.05) is 13.8 Å². The van der Waals surface area contributed by atoms with E-state index in [0.29, 0.717) is 35.4 Å². The molecule has 0 bridgehead atoms. The lowest BCUT2D eigenvalue weighted by Gasteiger charge is -2.31. The molecule has 4 atom stereocenters. The Labute approximate surface area is 314 Å². The van der Waals surface area contributed by atoms with Crippen molar-refractivity contribution >= 4 is 53.1 Å². The number of Topliss-reactive ketones (excluding diaryl/α,β-unsaturated/α-hetero) is 1. The van der Waals surface area contributed by atoms with E-state index < -0.39 is 72.2 Å². The van der Waals surface area contributed by atoms with Crippen LogP contribution >= 0.6 is 11.6 Å². The highest BCUT2D eigenvalue weighted by Crippen LogP contribution is 2.27. The molecule has 1 unspecified atom stereocenters. The number of hydrogen-bond donors (Lipinski definition) is 6. The van der Waals surface area contributed by atoms with E-state index in [-0.39, 0.29) is 31.3 Å². The van der Waals surface area contributed by atoms with Gasteiger partial charge in [-0.2, -0.15) is 0 Å². The summed E-state index contributed by atoms with van der Waals surface area (Å²) in [4.78, 5) is 91.0. The third kappa shape index (κ3) is 14.2. The third-order valence-corrected chi connectivity index (χ3v) is 8.99. The fourth-order valence-corrected chi connectivity index (χ4v) is 6.11. The molecule has 53 heavy (non-hydrogen) atoms. The summed E-state index contributed by atoms with van der Waals surface area (Å²) in [7, 11) is 0. The zero-order valence-electron chi connectivity index (χ0n) is 30.3. The van der Waals surface area contributed by atoms with Crippen LogP contribution in [0.2, 0.25) is 5.02 Å². The molecular formula is C38H50ClN5O9. The van der Waals surface area contributed by atoms with Crippen molar-refractivity contribution in [2.75, 3.05) is 13.2 Å². The summed E-state index contributed by atoms with van der Waals surface area (Å²) in [6.07, 6.45) is 3.86.